The molecule has 4 unspecified atom stereocenters. The number of halogens is 1. The normalized spacial score (nSPS) is 38.2. The van der Waals surface area contributed by atoms with Crippen molar-refractivity contribution in [2.45, 2.75) is 58.3 Å². The van der Waals surface area contributed by atoms with Crippen molar-refractivity contribution >= 4 is 0 Å². The van der Waals surface area contributed by atoms with Crippen LogP contribution in [0.25, 0.3) is 0 Å². The zero-order valence-electron chi connectivity index (χ0n) is 13.7. The Hall–Kier alpha value is -0.850. The van der Waals surface area contributed by atoms with Crippen LogP contribution in [0, 0.1) is 23.2 Å². The van der Waals surface area contributed by atoms with Gasteiger partial charge in [-0.1, -0.05) is 51.1 Å². The van der Waals surface area contributed by atoms with Crippen molar-refractivity contribution in [2.75, 3.05) is 6.67 Å². The first-order valence-electron chi connectivity index (χ1n) is 8.57. The van der Waals surface area contributed by atoms with Crippen LogP contribution in [-0.2, 0) is 5.41 Å². The number of hydrogen-bond donors (Lipinski definition) is 0. The molecule has 2 saturated carbocycles. The van der Waals surface area contributed by atoms with E-state index in [1.807, 2.05) is 0 Å². The number of benzene rings is 1. The topological polar surface area (TPSA) is 0 Å². The number of hydrogen-bond acceptors (Lipinski definition) is 0. The first kappa shape index (κ1) is 15.1. The lowest BCUT2D eigenvalue weighted by Crippen LogP contribution is -2.49. The van der Waals surface area contributed by atoms with Crippen LogP contribution in [0.3, 0.4) is 0 Å². The number of rotatable bonds is 3. The van der Waals surface area contributed by atoms with Gasteiger partial charge in [0, 0.05) is 0 Å². The average molecular weight is 288 g/mol. The summed E-state index contributed by atoms with van der Waals surface area (Å²) in [5.74, 6) is 1.94. The smallest absolute Gasteiger partial charge is 0.0897 e. The second-order valence-corrected chi connectivity index (χ2v) is 8.48. The molecule has 1 aromatic rings. The summed E-state index contributed by atoms with van der Waals surface area (Å²) in [6.07, 6.45) is 5.84. The zero-order valence-corrected chi connectivity index (χ0v) is 13.7. The molecule has 1 aromatic carbocycles. The molecule has 1 heteroatoms. The minimum absolute atomic E-state index is 0.149. The molecule has 4 atom stereocenters. The fourth-order valence-corrected chi connectivity index (χ4v) is 5.81. The number of fused-ring (bicyclic) bond motifs is 2. The van der Waals surface area contributed by atoms with E-state index in [1.165, 1.54) is 31.2 Å². The molecule has 0 nitrogen and oxygen atoms in total. The van der Waals surface area contributed by atoms with Gasteiger partial charge in [0.05, 0.1) is 6.67 Å². The van der Waals surface area contributed by atoms with E-state index in [0.717, 1.165) is 6.42 Å². The SMILES string of the molecule is CC1CC2(c3ccccc3)CC(CC(C)(C)C2)C1CCF. The maximum absolute atomic E-state index is 13.0. The highest BCUT2D eigenvalue weighted by atomic mass is 19.1. The van der Waals surface area contributed by atoms with Crippen LogP contribution >= 0.6 is 0 Å². The van der Waals surface area contributed by atoms with Gasteiger partial charge in [-0.3, -0.25) is 4.39 Å². The fourth-order valence-electron chi connectivity index (χ4n) is 5.81. The second kappa shape index (κ2) is 5.41. The van der Waals surface area contributed by atoms with E-state index in [1.54, 1.807) is 0 Å². The van der Waals surface area contributed by atoms with E-state index in [0.29, 0.717) is 28.6 Å². The molecule has 0 radical (unpaired) electrons. The Morgan fingerprint density at radius 1 is 1.10 bits per heavy atom. The third kappa shape index (κ3) is 2.76. The van der Waals surface area contributed by atoms with Crippen LogP contribution in [-0.4, -0.2) is 6.67 Å². The highest BCUT2D eigenvalue weighted by Gasteiger charge is 2.52. The molecule has 2 aliphatic carbocycles. The Bertz CT molecular complexity index is 474. The quantitative estimate of drug-likeness (QED) is 0.662. The first-order chi connectivity index (χ1) is 9.96. The van der Waals surface area contributed by atoms with E-state index < -0.39 is 0 Å². The van der Waals surface area contributed by atoms with Crippen LogP contribution in [0.4, 0.5) is 4.39 Å². The van der Waals surface area contributed by atoms with Crippen molar-refractivity contribution in [3.8, 4) is 0 Å². The van der Waals surface area contributed by atoms with Crippen molar-refractivity contribution in [1.82, 2.24) is 0 Å². The van der Waals surface area contributed by atoms with Gasteiger partial charge in [0.1, 0.15) is 0 Å². The molecule has 2 aliphatic rings. The van der Waals surface area contributed by atoms with Crippen LogP contribution < -0.4 is 0 Å². The van der Waals surface area contributed by atoms with Crippen molar-refractivity contribution in [3.63, 3.8) is 0 Å². The van der Waals surface area contributed by atoms with Gasteiger partial charge in [-0.15, -0.1) is 0 Å². The predicted molar refractivity (Wildman–Crippen MR) is 87.1 cm³/mol. The standard InChI is InChI=1S/C20H29F/c1-15-11-20(17-7-5-4-6-8-17)13-16(18(15)9-10-21)12-19(2,3)14-20/h4-8,15-16,18H,9-14H2,1-3H3. The van der Waals surface area contributed by atoms with Crippen molar-refractivity contribution < 1.29 is 4.39 Å². The molecule has 0 spiro atoms. The molecule has 2 bridgehead atoms. The molecule has 3 rings (SSSR count). The summed E-state index contributed by atoms with van der Waals surface area (Å²) in [4.78, 5) is 0. The van der Waals surface area contributed by atoms with Gasteiger partial charge < -0.3 is 0 Å². The molecular weight excluding hydrogens is 259 g/mol. The maximum atomic E-state index is 13.0. The van der Waals surface area contributed by atoms with Crippen molar-refractivity contribution in [1.29, 1.82) is 0 Å². The van der Waals surface area contributed by atoms with Crippen LogP contribution in [0.5, 0.6) is 0 Å². The lowest BCUT2D eigenvalue weighted by Gasteiger charge is -2.57. The summed E-state index contributed by atoms with van der Waals surface area (Å²) in [5, 5.41) is 0. The van der Waals surface area contributed by atoms with Crippen LogP contribution in [0.2, 0.25) is 0 Å². The van der Waals surface area contributed by atoms with E-state index in [4.69, 9.17) is 0 Å². The molecule has 0 heterocycles. The van der Waals surface area contributed by atoms with Gasteiger partial charge in [-0.2, -0.15) is 0 Å². The minimum atomic E-state index is -0.149. The summed E-state index contributed by atoms with van der Waals surface area (Å²) in [6.45, 7) is 7.05. The molecule has 21 heavy (non-hydrogen) atoms. The molecule has 0 N–H and O–H groups in total. The minimum Gasteiger partial charge on any atom is -0.251 e. The van der Waals surface area contributed by atoms with E-state index >= 15 is 0 Å². The molecule has 0 aromatic heterocycles. The third-order valence-electron chi connectivity index (χ3n) is 6.16. The molecule has 0 aliphatic heterocycles. The Morgan fingerprint density at radius 3 is 2.48 bits per heavy atom. The van der Waals surface area contributed by atoms with Gasteiger partial charge >= 0.3 is 0 Å². The summed E-state index contributed by atoms with van der Waals surface area (Å²) >= 11 is 0. The molecule has 0 amide bonds. The maximum Gasteiger partial charge on any atom is 0.0897 e. The molecule has 116 valence electrons. The fraction of sp³-hybridized carbons (Fsp3) is 0.700. The van der Waals surface area contributed by atoms with Crippen molar-refractivity contribution in [3.05, 3.63) is 35.9 Å². The van der Waals surface area contributed by atoms with Gasteiger partial charge in [0.15, 0.2) is 0 Å². The van der Waals surface area contributed by atoms with E-state index in [9.17, 15) is 4.39 Å². The van der Waals surface area contributed by atoms with E-state index in [-0.39, 0.29) is 6.67 Å². The van der Waals surface area contributed by atoms with Gasteiger partial charge in [-0.25, -0.2) is 0 Å². The van der Waals surface area contributed by atoms with Crippen LogP contribution in [0.15, 0.2) is 30.3 Å². The van der Waals surface area contributed by atoms with Crippen LogP contribution in [0.1, 0.15) is 58.4 Å². The Balaban J connectivity index is 1.97. The highest BCUT2D eigenvalue weighted by Crippen LogP contribution is 2.60. The lowest BCUT2D eigenvalue weighted by molar-refractivity contribution is -0.0189. The Labute approximate surface area is 129 Å². The summed E-state index contributed by atoms with van der Waals surface area (Å²) < 4.78 is 13.0. The third-order valence-corrected chi connectivity index (χ3v) is 6.16. The van der Waals surface area contributed by atoms with Gasteiger partial charge in [0.2, 0.25) is 0 Å². The Morgan fingerprint density at radius 2 is 1.81 bits per heavy atom. The summed E-state index contributed by atoms with van der Waals surface area (Å²) in [5.41, 5.74) is 2.24. The predicted octanol–water partition coefficient (Wildman–Crippen LogP) is 5.77. The number of alkyl halides is 1. The average Bonchev–Trinajstić information content (AvgIpc) is 2.42. The Kier molecular flexibility index (Phi) is 3.88. The van der Waals surface area contributed by atoms with Gasteiger partial charge in [-0.05, 0) is 66.3 Å². The second-order valence-electron chi connectivity index (χ2n) is 8.48. The van der Waals surface area contributed by atoms with Gasteiger partial charge in [0.25, 0.3) is 0 Å². The summed E-state index contributed by atoms with van der Waals surface area (Å²) in [7, 11) is 0. The molecular formula is C20H29F. The lowest BCUT2D eigenvalue weighted by atomic mass is 9.48. The van der Waals surface area contributed by atoms with Crippen molar-refractivity contribution in [2.24, 2.45) is 23.2 Å². The highest BCUT2D eigenvalue weighted by molar-refractivity contribution is 5.28. The largest absolute Gasteiger partial charge is 0.251 e. The summed E-state index contributed by atoms with van der Waals surface area (Å²) in [6, 6.07) is 11.1. The van der Waals surface area contributed by atoms with E-state index in [2.05, 4.69) is 51.1 Å². The first-order valence-corrected chi connectivity index (χ1v) is 8.57. The zero-order chi connectivity index (χ0) is 15.1. The monoisotopic (exact) mass is 288 g/mol. The molecule has 0 saturated heterocycles. The molecule has 2 fully saturated rings.